The summed E-state index contributed by atoms with van der Waals surface area (Å²) in [6.45, 7) is 33.1. The van der Waals surface area contributed by atoms with Gasteiger partial charge in [-0.2, -0.15) is 0 Å². The molecule has 0 heterocycles. The van der Waals surface area contributed by atoms with E-state index in [1.54, 1.807) is 0 Å². The van der Waals surface area contributed by atoms with E-state index < -0.39 is 0 Å². The van der Waals surface area contributed by atoms with Crippen LogP contribution in [0.4, 0.5) is 0 Å². The summed E-state index contributed by atoms with van der Waals surface area (Å²) in [5, 5.41) is 0. The molecule has 0 aromatic heterocycles. The predicted octanol–water partition coefficient (Wildman–Crippen LogP) is 12.0. The summed E-state index contributed by atoms with van der Waals surface area (Å²) in [6.07, 6.45) is 6.39. The minimum Gasteiger partial charge on any atom is -0.358 e. The van der Waals surface area contributed by atoms with Crippen molar-refractivity contribution in [1.29, 1.82) is 0 Å². The molecule has 186 valence electrons. The normalized spacial score (nSPS) is 3.72. The summed E-state index contributed by atoms with van der Waals surface area (Å²) < 4.78 is 0. The third kappa shape index (κ3) is 1020. The van der Waals surface area contributed by atoms with Gasteiger partial charge in [0.15, 0.2) is 0 Å². The summed E-state index contributed by atoms with van der Waals surface area (Å²) in [7, 11) is 0. The maximum atomic E-state index is 2.18. The average Bonchev–Trinajstić information content (AvgIpc) is 2.57. The Morgan fingerprint density at radius 2 is 0.310 bits per heavy atom. The van der Waals surface area contributed by atoms with Crippen molar-refractivity contribution < 1.29 is 131 Å². The van der Waals surface area contributed by atoms with Crippen LogP contribution in [-0.2, 0) is 131 Å². The van der Waals surface area contributed by atoms with Gasteiger partial charge < -0.3 is 29.7 Å². The minimum atomic E-state index is 0. The van der Waals surface area contributed by atoms with Gasteiger partial charge in [0.05, 0.1) is 0 Å². The smallest absolute Gasteiger partial charge is 0 e. The number of hydrogen-bond acceptors (Lipinski definition) is 0. The molecule has 0 aliphatic rings. The van der Waals surface area contributed by atoms with Crippen LogP contribution < -0.4 is 0 Å². The molecule has 29 heavy (non-hydrogen) atoms. The first-order chi connectivity index (χ1) is 10.2. The van der Waals surface area contributed by atoms with Gasteiger partial charge in [-0.15, -0.1) is 0 Å². The zero-order valence-electron chi connectivity index (χ0n) is 25.8. The molecule has 4 heteroatoms. The van der Waals surface area contributed by atoms with Crippen LogP contribution in [0.25, 0.3) is 0 Å². The van der Waals surface area contributed by atoms with Gasteiger partial charge in [-0.3, -0.25) is 0 Å². The monoisotopic (exact) mass is 726 g/mol. The predicted molar refractivity (Wildman–Crippen MR) is 140 cm³/mol. The molecule has 0 aromatic carbocycles. The van der Waals surface area contributed by atoms with E-state index in [0.29, 0.717) is 0 Å². The quantitative estimate of drug-likeness (QED) is 0.236. The van der Waals surface area contributed by atoms with Gasteiger partial charge in [0, 0.05) is 131 Å². The van der Waals surface area contributed by atoms with Gasteiger partial charge in [-0.25, -0.2) is 0 Å². The molecule has 0 aliphatic heterocycles. The fourth-order valence-electron chi connectivity index (χ4n) is 0. The van der Waals surface area contributed by atoms with Gasteiger partial charge in [-0.05, 0) is 0 Å². The molecule has 0 spiro atoms. The topological polar surface area (TPSA) is 0 Å². The van der Waals surface area contributed by atoms with Gasteiger partial charge in [0.25, 0.3) is 0 Å². The standard InChI is InChI=1S/C4H10.3C3H8.4C2H6.4CH3.4Y/c1-3-4-2;3*1-3-2;4*1-2;;;;;;;;/h3-4H2,1-2H3;3*3H2,1-2H3;4*1-2H3;4*1H3;;;;/q;;;;;;;;4*-1;;;;. The van der Waals surface area contributed by atoms with Crippen LogP contribution in [0, 0.1) is 29.7 Å². The number of unbranched alkanes of at least 4 members (excludes halogenated alkanes) is 1. The van der Waals surface area contributed by atoms with E-state index in [2.05, 4.69) is 55.4 Å². The molecule has 0 rings (SSSR count). The van der Waals surface area contributed by atoms with Crippen molar-refractivity contribution in [1.82, 2.24) is 0 Å². The van der Waals surface area contributed by atoms with Crippen LogP contribution in [0.5, 0.6) is 0 Å². The number of rotatable bonds is 1. The molecular weight excluding hydrogens is 656 g/mol. The maximum Gasteiger partial charge on any atom is 0 e. The first kappa shape index (κ1) is 116. The Kier molecular flexibility index (Phi) is 1440. The van der Waals surface area contributed by atoms with Gasteiger partial charge in [-0.1, -0.05) is 143 Å². The molecule has 0 saturated carbocycles. The number of hydrogen-bond donors (Lipinski definition) is 0. The third-order valence-electron chi connectivity index (χ3n) is 0.500. The summed E-state index contributed by atoms with van der Waals surface area (Å²) in [6, 6.07) is 0. The summed E-state index contributed by atoms with van der Waals surface area (Å²) in [4.78, 5) is 0. The van der Waals surface area contributed by atoms with Crippen LogP contribution in [0.15, 0.2) is 0 Å². The largest absolute Gasteiger partial charge is 0.358 e. The molecule has 0 atom stereocenters. The van der Waals surface area contributed by atoms with E-state index in [-0.39, 0.29) is 161 Å². The van der Waals surface area contributed by atoms with Crippen molar-refractivity contribution in [2.75, 3.05) is 0 Å². The summed E-state index contributed by atoms with van der Waals surface area (Å²) in [5.74, 6) is 0. The van der Waals surface area contributed by atoms with Crippen molar-refractivity contribution in [3.05, 3.63) is 29.7 Å². The molecular formula is C25H70Y4-4. The Bertz CT molecular complexity index is 33.2. The third-order valence-corrected chi connectivity index (χ3v) is 0.500. The molecule has 0 aromatic rings. The minimum absolute atomic E-state index is 0. The van der Waals surface area contributed by atoms with E-state index >= 15 is 0 Å². The van der Waals surface area contributed by atoms with Gasteiger partial charge in [0.2, 0.25) is 0 Å². The SMILES string of the molecule is CC.CC.CC.CC.CCC.CCC.CCC.CCCC.[CH3-].[CH3-].[CH3-].[CH3-].[Y].[Y].[Y].[Y]. The zero-order chi connectivity index (χ0) is 19.5. The molecule has 0 unspecified atom stereocenters. The van der Waals surface area contributed by atoms with E-state index in [4.69, 9.17) is 0 Å². The fraction of sp³-hybridized carbons (Fsp3) is 0.840. The van der Waals surface area contributed by atoms with Crippen LogP contribution in [0.1, 0.15) is 143 Å². The van der Waals surface area contributed by atoms with Crippen molar-refractivity contribution >= 4 is 0 Å². The van der Waals surface area contributed by atoms with Gasteiger partial charge in [0.1, 0.15) is 0 Å². The zero-order valence-corrected chi connectivity index (χ0v) is 37.2. The van der Waals surface area contributed by atoms with Crippen molar-refractivity contribution in [3.63, 3.8) is 0 Å². The van der Waals surface area contributed by atoms with E-state index in [1.807, 2.05) is 55.4 Å². The molecule has 0 amide bonds. The van der Waals surface area contributed by atoms with Crippen LogP contribution >= 0.6 is 0 Å². The first-order valence-electron chi connectivity index (χ1n) is 10.2. The summed E-state index contributed by atoms with van der Waals surface area (Å²) >= 11 is 0. The molecule has 0 bridgehead atoms. The second kappa shape index (κ2) is 361. The fourth-order valence-corrected chi connectivity index (χ4v) is 0. The first-order valence-corrected chi connectivity index (χ1v) is 10.2. The van der Waals surface area contributed by atoms with E-state index in [9.17, 15) is 0 Å². The second-order valence-corrected chi connectivity index (χ2v) is 3.12. The van der Waals surface area contributed by atoms with Crippen molar-refractivity contribution in [3.8, 4) is 0 Å². The van der Waals surface area contributed by atoms with Crippen molar-refractivity contribution in [2.24, 2.45) is 0 Å². The molecule has 0 fully saturated rings. The van der Waals surface area contributed by atoms with Crippen LogP contribution in [0.3, 0.4) is 0 Å². The molecule has 0 N–H and O–H groups in total. The van der Waals surface area contributed by atoms with Gasteiger partial charge >= 0.3 is 0 Å². The Hall–Kier alpha value is 4.42. The maximum absolute atomic E-state index is 2.18. The Balaban J connectivity index is -0.00000000463. The van der Waals surface area contributed by atoms with E-state index in [0.717, 1.165) is 0 Å². The van der Waals surface area contributed by atoms with E-state index in [1.165, 1.54) is 32.1 Å². The average molecular weight is 726 g/mol. The van der Waals surface area contributed by atoms with Crippen LogP contribution in [-0.4, -0.2) is 0 Å². The van der Waals surface area contributed by atoms with Crippen LogP contribution in [0.2, 0.25) is 0 Å². The molecule has 0 aliphatic carbocycles. The Morgan fingerprint density at radius 1 is 0.276 bits per heavy atom. The summed E-state index contributed by atoms with van der Waals surface area (Å²) in [5.41, 5.74) is 0. The Labute approximate surface area is 298 Å². The second-order valence-electron chi connectivity index (χ2n) is 3.12. The molecule has 4 radical (unpaired) electrons. The molecule has 0 nitrogen and oxygen atoms in total. The Morgan fingerprint density at radius 3 is 0.310 bits per heavy atom. The van der Waals surface area contributed by atoms with Crippen molar-refractivity contribution in [2.45, 2.75) is 143 Å². The molecule has 0 saturated heterocycles.